The van der Waals surface area contributed by atoms with Crippen LogP contribution in [0.3, 0.4) is 0 Å². The molecule has 5 heterocycles. The van der Waals surface area contributed by atoms with E-state index in [1.807, 2.05) is 43.4 Å². The van der Waals surface area contributed by atoms with Gasteiger partial charge < -0.3 is 20.3 Å². The summed E-state index contributed by atoms with van der Waals surface area (Å²) in [5.41, 5.74) is 2.34. The molecule has 0 bridgehead atoms. The summed E-state index contributed by atoms with van der Waals surface area (Å²) in [5, 5.41) is 9.81. The van der Waals surface area contributed by atoms with Crippen molar-refractivity contribution < 1.29 is 17.9 Å². The molecule has 14 nitrogen and oxygen atoms in total. The molecule has 2 N–H and O–H groups in total. The van der Waals surface area contributed by atoms with Gasteiger partial charge in [-0.2, -0.15) is 19.4 Å². The van der Waals surface area contributed by atoms with Crippen LogP contribution in [-0.2, 0) is 34.9 Å². The second-order valence-corrected chi connectivity index (χ2v) is 14.1. The Hall–Kier alpha value is -3.96. The molecule has 4 aromatic rings. The summed E-state index contributed by atoms with van der Waals surface area (Å²) < 4.78 is 32.5. The molecule has 0 saturated carbocycles. The summed E-state index contributed by atoms with van der Waals surface area (Å²) in [6, 6.07) is 13.1. The van der Waals surface area contributed by atoms with E-state index in [4.69, 9.17) is 19.7 Å². The molecule has 0 radical (unpaired) electrons. The minimum absolute atomic E-state index is 0.313. The van der Waals surface area contributed by atoms with E-state index in [-0.39, 0.29) is 6.03 Å². The van der Waals surface area contributed by atoms with E-state index in [2.05, 4.69) is 31.6 Å². The fourth-order valence-electron chi connectivity index (χ4n) is 5.16. The molecule has 2 aliphatic rings. The number of morpholine rings is 1. The summed E-state index contributed by atoms with van der Waals surface area (Å²) in [5.74, 6) is 1.74. The maximum atomic E-state index is 12.4. The molecule has 0 atom stereocenters. The van der Waals surface area contributed by atoms with Gasteiger partial charge in [0.25, 0.3) is 0 Å². The highest BCUT2D eigenvalue weighted by atomic mass is 32.2. The lowest BCUT2D eigenvalue weighted by Crippen LogP contribution is -2.47. The maximum Gasteiger partial charge on any atom is 0.319 e. The molecule has 0 unspecified atom stereocenters. The van der Waals surface area contributed by atoms with Crippen LogP contribution in [0, 0.1) is 0 Å². The van der Waals surface area contributed by atoms with Crippen LogP contribution in [0.4, 0.5) is 16.4 Å². The van der Waals surface area contributed by atoms with E-state index in [1.165, 1.54) is 10.6 Å². The Kier molecular flexibility index (Phi) is 9.37. The molecule has 1 aromatic carbocycles. The number of amides is 2. The van der Waals surface area contributed by atoms with E-state index in [9.17, 15) is 13.2 Å². The van der Waals surface area contributed by atoms with Gasteiger partial charge >= 0.3 is 6.03 Å². The number of ether oxygens (including phenoxy) is 1. The first-order chi connectivity index (χ1) is 21.7. The number of piperazine rings is 1. The fourth-order valence-corrected chi connectivity index (χ4v) is 6.97. The molecule has 16 heteroatoms. The maximum absolute atomic E-state index is 12.4. The molecule has 2 aliphatic heterocycles. The first-order valence-electron chi connectivity index (χ1n) is 14.7. The average molecular weight is 653 g/mol. The van der Waals surface area contributed by atoms with E-state index < -0.39 is 10.0 Å². The molecular weight excluding hydrogens is 617 g/mol. The number of rotatable bonds is 9. The van der Waals surface area contributed by atoms with Gasteiger partial charge in [-0.1, -0.05) is 0 Å². The largest absolute Gasteiger partial charge is 0.378 e. The molecule has 45 heavy (non-hydrogen) atoms. The Balaban J connectivity index is 1.17. The summed E-state index contributed by atoms with van der Waals surface area (Å²) in [4.78, 5) is 33.4. The monoisotopic (exact) mass is 652 g/mol. The molecule has 0 aliphatic carbocycles. The number of urea groups is 1. The van der Waals surface area contributed by atoms with Crippen LogP contribution < -0.4 is 15.5 Å². The Bertz CT molecular complexity index is 1730. The smallest absolute Gasteiger partial charge is 0.319 e. The van der Waals surface area contributed by atoms with Crippen molar-refractivity contribution in [3.63, 3.8) is 0 Å². The number of sulfonamides is 1. The zero-order valence-corrected chi connectivity index (χ0v) is 26.9. The minimum Gasteiger partial charge on any atom is -0.378 e. The van der Waals surface area contributed by atoms with Crippen molar-refractivity contribution in [2.45, 2.75) is 13.1 Å². The van der Waals surface area contributed by atoms with Crippen LogP contribution in [0.25, 0.3) is 22.1 Å². The van der Waals surface area contributed by atoms with Gasteiger partial charge in [0.15, 0.2) is 11.6 Å². The van der Waals surface area contributed by atoms with Crippen molar-refractivity contribution in [1.29, 1.82) is 0 Å². The van der Waals surface area contributed by atoms with Gasteiger partial charge in [0, 0.05) is 75.2 Å². The highest BCUT2D eigenvalue weighted by Gasteiger charge is 2.24. The summed E-state index contributed by atoms with van der Waals surface area (Å²) in [6.45, 7) is 6.07. The Morgan fingerprint density at radius 3 is 2.36 bits per heavy atom. The molecule has 3 aromatic heterocycles. The minimum atomic E-state index is -3.16. The summed E-state index contributed by atoms with van der Waals surface area (Å²) >= 11 is 1.63. The number of nitrogens with one attached hydrogen (secondary N) is 2. The van der Waals surface area contributed by atoms with Gasteiger partial charge in [-0.05, 0) is 42.5 Å². The number of aromatic nitrogens is 5. The highest BCUT2D eigenvalue weighted by molar-refractivity contribution is 7.88. The van der Waals surface area contributed by atoms with Crippen LogP contribution >= 0.6 is 11.3 Å². The third-order valence-corrected chi connectivity index (χ3v) is 10.1. The first kappa shape index (κ1) is 31.0. The summed E-state index contributed by atoms with van der Waals surface area (Å²) in [7, 11) is -1.33. The topological polar surface area (TPSA) is 151 Å². The summed E-state index contributed by atoms with van der Waals surface area (Å²) in [6.07, 6.45) is 2.95. The molecule has 2 amide bonds. The zero-order valence-electron chi connectivity index (χ0n) is 25.2. The Labute approximate surface area is 266 Å². The standard InChI is InChI=1S/C29H36N10O4S2/c1-36-23(9-10-31-36)19-30-29(40)32-22-5-3-21(4-6-22)26-33-27(35-28(34-26)38-15-17-43-18-16-38)25-8-7-24(44-25)20-37-11-13-39(14-12-37)45(2,41)42/h3-10H,11-20H2,1-2H3,(H2,30,32,40). The van der Waals surface area contributed by atoms with Gasteiger partial charge in [-0.3, -0.25) is 9.58 Å². The van der Waals surface area contributed by atoms with Gasteiger partial charge in [-0.15, -0.1) is 11.3 Å². The van der Waals surface area contributed by atoms with Gasteiger partial charge in [0.1, 0.15) is 0 Å². The number of hydrogen-bond donors (Lipinski definition) is 2. The Morgan fingerprint density at radius 2 is 1.67 bits per heavy atom. The normalized spacial score (nSPS) is 16.5. The predicted octanol–water partition coefficient (Wildman–Crippen LogP) is 2.24. The second kappa shape index (κ2) is 13.6. The third-order valence-electron chi connectivity index (χ3n) is 7.73. The predicted molar refractivity (Wildman–Crippen MR) is 172 cm³/mol. The van der Waals surface area contributed by atoms with Crippen molar-refractivity contribution >= 4 is 39.0 Å². The quantitative estimate of drug-likeness (QED) is 0.276. The first-order valence-corrected chi connectivity index (χ1v) is 17.4. The van der Waals surface area contributed by atoms with Gasteiger partial charge in [0.05, 0.1) is 36.6 Å². The highest BCUT2D eigenvalue weighted by Crippen LogP contribution is 2.30. The Morgan fingerprint density at radius 1 is 0.933 bits per heavy atom. The SMILES string of the molecule is Cn1nccc1CNC(=O)Nc1ccc(-c2nc(-c3ccc(CN4CCN(S(C)(=O)=O)CC4)s3)nc(N3CCOCC3)n2)cc1. The van der Waals surface area contributed by atoms with Crippen molar-refractivity contribution in [3.05, 3.63) is 59.2 Å². The number of hydrogen-bond acceptors (Lipinski definition) is 11. The van der Waals surface area contributed by atoms with Gasteiger partial charge in [-0.25, -0.2) is 18.2 Å². The molecular formula is C29H36N10O4S2. The number of nitrogens with zero attached hydrogens (tertiary/aromatic N) is 8. The zero-order chi connectivity index (χ0) is 31.4. The second-order valence-electron chi connectivity index (χ2n) is 10.9. The molecule has 2 fully saturated rings. The van der Waals surface area contributed by atoms with Crippen molar-refractivity contribution in [2.75, 3.05) is 69.0 Å². The van der Waals surface area contributed by atoms with Crippen molar-refractivity contribution in [1.82, 2.24) is 39.3 Å². The molecule has 0 spiro atoms. The van der Waals surface area contributed by atoms with Crippen LogP contribution in [0.1, 0.15) is 10.6 Å². The van der Waals surface area contributed by atoms with Crippen LogP contribution in [0.5, 0.6) is 0 Å². The number of benzene rings is 1. The number of carbonyl (C=O) groups is 1. The number of thiophene rings is 1. The lowest BCUT2D eigenvalue weighted by molar-refractivity contribution is 0.122. The van der Waals surface area contributed by atoms with Gasteiger partial charge in [0.2, 0.25) is 16.0 Å². The number of carbonyl (C=O) groups excluding carboxylic acids is 1. The van der Waals surface area contributed by atoms with Crippen LogP contribution in [-0.4, -0.2) is 107 Å². The average Bonchev–Trinajstić information content (AvgIpc) is 3.69. The van der Waals surface area contributed by atoms with E-state index in [0.717, 1.165) is 27.6 Å². The lowest BCUT2D eigenvalue weighted by atomic mass is 10.2. The molecule has 6 rings (SSSR count). The van der Waals surface area contributed by atoms with Crippen LogP contribution in [0.15, 0.2) is 48.7 Å². The van der Waals surface area contributed by atoms with Crippen LogP contribution in [0.2, 0.25) is 0 Å². The van der Waals surface area contributed by atoms with Crippen molar-refractivity contribution in [2.24, 2.45) is 7.05 Å². The number of anilines is 2. The lowest BCUT2D eigenvalue weighted by Gasteiger charge is -2.32. The third kappa shape index (κ3) is 7.83. The van der Waals surface area contributed by atoms with E-state index in [0.29, 0.717) is 82.3 Å². The number of aryl methyl sites for hydroxylation is 1. The molecule has 238 valence electrons. The van der Waals surface area contributed by atoms with E-state index in [1.54, 1.807) is 22.2 Å². The fraction of sp³-hybridized carbons (Fsp3) is 0.414. The van der Waals surface area contributed by atoms with Crippen molar-refractivity contribution in [3.8, 4) is 22.1 Å². The van der Waals surface area contributed by atoms with E-state index >= 15 is 0 Å². The molecule has 2 saturated heterocycles.